The van der Waals surface area contributed by atoms with Crippen LogP contribution in [0, 0.1) is 0 Å². The molecular formula is C36H22N8. The molecule has 7 aromatic heterocycles. The normalized spacial score (nSPS) is 11.6. The van der Waals surface area contributed by atoms with Crippen LogP contribution < -0.4 is 0 Å². The molecule has 0 saturated heterocycles. The van der Waals surface area contributed by atoms with E-state index >= 15 is 0 Å². The van der Waals surface area contributed by atoms with E-state index in [0.717, 1.165) is 78.3 Å². The summed E-state index contributed by atoms with van der Waals surface area (Å²) in [5.41, 5.74) is 10.3. The number of nitrogens with zero attached hydrogens (tertiary/aromatic N) is 8. The Labute approximate surface area is 251 Å². The van der Waals surface area contributed by atoms with Crippen molar-refractivity contribution in [1.82, 2.24) is 39.0 Å². The third-order valence-corrected chi connectivity index (χ3v) is 7.95. The van der Waals surface area contributed by atoms with Crippen LogP contribution in [0.25, 0.3) is 78.3 Å². The van der Waals surface area contributed by atoms with E-state index in [1.807, 2.05) is 85.2 Å². The lowest BCUT2D eigenvalue weighted by atomic mass is 10.2. The second-order valence-electron chi connectivity index (χ2n) is 10.5. The molecule has 8 heteroatoms. The molecule has 0 fully saturated rings. The van der Waals surface area contributed by atoms with Gasteiger partial charge in [0, 0.05) is 23.2 Å². The highest BCUT2D eigenvalue weighted by Gasteiger charge is 2.21. The predicted molar refractivity (Wildman–Crippen MR) is 173 cm³/mol. The van der Waals surface area contributed by atoms with Gasteiger partial charge in [0.25, 0.3) is 0 Å². The van der Waals surface area contributed by atoms with Gasteiger partial charge in [0.05, 0.1) is 57.6 Å². The fourth-order valence-electron chi connectivity index (χ4n) is 5.95. The van der Waals surface area contributed by atoms with Crippen LogP contribution in [0.3, 0.4) is 0 Å². The summed E-state index contributed by atoms with van der Waals surface area (Å²) < 4.78 is 4.27. The smallest absolute Gasteiger partial charge is 0.166 e. The quantitative estimate of drug-likeness (QED) is 0.218. The number of benzene rings is 2. The average Bonchev–Trinajstić information content (AvgIpc) is 3.60. The van der Waals surface area contributed by atoms with Crippen LogP contribution in [-0.4, -0.2) is 39.0 Å². The molecule has 0 unspecified atom stereocenters. The maximum absolute atomic E-state index is 5.35. The standard InChI is InChI=1S/C36H22N8/c1-3-13-31-25(9-1)33-35(43(31)23-15-17-29(39-21-23)27-11-5-7-19-37-27)42-36-34(41-33)26-10-2-4-14-32(26)44(36)24-16-18-30(40-22-24)28-12-6-8-20-38-28/h1-22H. The molecule has 206 valence electrons. The lowest BCUT2D eigenvalue weighted by Crippen LogP contribution is -2.01. The summed E-state index contributed by atoms with van der Waals surface area (Å²) >= 11 is 0. The molecule has 7 heterocycles. The molecule has 0 aliphatic carbocycles. The van der Waals surface area contributed by atoms with Crippen molar-refractivity contribution < 1.29 is 0 Å². The molecule has 0 amide bonds. The summed E-state index contributed by atoms with van der Waals surface area (Å²) in [5.74, 6) is 0. The molecule has 0 saturated carbocycles. The first-order valence-corrected chi connectivity index (χ1v) is 14.3. The van der Waals surface area contributed by atoms with Crippen LogP contribution in [0.15, 0.2) is 134 Å². The van der Waals surface area contributed by atoms with E-state index in [0.29, 0.717) is 0 Å². The molecule has 0 spiro atoms. The third kappa shape index (κ3) is 3.71. The molecule has 0 bridgehead atoms. The van der Waals surface area contributed by atoms with Gasteiger partial charge in [0.15, 0.2) is 11.3 Å². The fraction of sp³-hybridized carbons (Fsp3) is 0. The minimum absolute atomic E-state index is 0.758. The first-order chi connectivity index (χ1) is 21.8. The zero-order valence-corrected chi connectivity index (χ0v) is 23.3. The number of aromatic nitrogens is 8. The van der Waals surface area contributed by atoms with Gasteiger partial charge < -0.3 is 0 Å². The molecule has 0 radical (unpaired) electrons. The van der Waals surface area contributed by atoms with Crippen molar-refractivity contribution in [2.24, 2.45) is 0 Å². The monoisotopic (exact) mass is 566 g/mol. The van der Waals surface area contributed by atoms with Crippen LogP contribution in [-0.2, 0) is 0 Å². The fourth-order valence-corrected chi connectivity index (χ4v) is 5.95. The SMILES string of the molecule is c1ccc(-c2ccc(-n3c4ccccc4c4nc5c6ccccc6n(-c6ccc(-c7ccccn7)nc6)c5nc43)cn2)nc1. The number of hydrogen-bond acceptors (Lipinski definition) is 6. The van der Waals surface area contributed by atoms with Crippen molar-refractivity contribution in [3.8, 4) is 34.2 Å². The Balaban J connectivity index is 1.29. The maximum atomic E-state index is 5.35. The second kappa shape index (κ2) is 9.64. The molecule has 0 aliphatic rings. The number of para-hydroxylation sites is 2. The predicted octanol–water partition coefficient (Wildman–Crippen LogP) is 7.58. The Kier molecular flexibility index (Phi) is 5.33. The first-order valence-electron chi connectivity index (χ1n) is 14.3. The zero-order valence-electron chi connectivity index (χ0n) is 23.3. The van der Waals surface area contributed by atoms with Crippen molar-refractivity contribution >= 4 is 44.1 Å². The van der Waals surface area contributed by atoms with Crippen LogP contribution in [0.4, 0.5) is 0 Å². The Morgan fingerprint density at radius 2 is 0.841 bits per heavy atom. The van der Waals surface area contributed by atoms with Crippen molar-refractivity contribution in [3.05, 3.63) is 134 Å². The highest BCUT2D eigenvalue weighted by molar-refractivity contribution is 6.12. The molecule has 9 rings (SSSR count). The summed E-state index contributed by atoms with van der Waals surface area (Å²) in [4.78, 5) is 29.1. The zero-order chi connectivity index (χ0) is 29.0. The molecule has 9 aromatic rings. The van der Waals surface area contributed by atoms with Gasteiger partial charge in [-0.2, -0.15) is 0 Å². The van der Waals surface area contributed by atoms with E-state index in [1.54, 1.807) is 12.4 Å². The number of fused-ring (bicyclic) bond motifs is 6. The average molecular weight is 567 g/mol. The topological polar surface area (TPSA) is 87.2 Å². The lowest BCUT2D eigenvalue weighted by molar-refractivity contribution is 1.08. The molecular weight excluding hydrogens is 544 g/mol. The van der Waals surface area contributed by atoms with Crippen LogP contribution in [0.1, 0.15) is 0 Å². The van der Waals surface area contributed by atoms with E-state index in [1.165, 1.54) is 0 Å². The summed E-state index contributed by atoms with van der Waals surface area (Å²) in [6, 6.07) is 36.3. The second-order valence-corrected chi connectivity index (χ2v) is 10.5. The third-order valence-electron chi connectivity index (χ3n) is 7.95. The maximum Gasteiger partial charge on any atom is 0.166 e. The van der Waals surface area contributed by atoms with Gasteiger partial charge in [0.1, 0.15) is 11.0 Å². The molecule has 0 atom stereocenters. The summed E-state index contributed by atoms with van der Waals surface area (Å²) in [6.07, 6.45) is 7.30. The van der Waals surface area contributed by atoms with E-state index in [9.17, 15) is 0 Å². The Morgan fingerprint density at radius 3 is 1.27 bits per heavy atom. The van der Waals surface area contributed by atoms with Crippen molar-refractivity contribution in [3.63, 3.8) is 0 Å². The van der Waals surface area contributed by atoms with Gasteiger partial charge in [-0.1, -0.05) is 48.5 Å². The Hall–Kier alpha value is -6.28. The molecule has 44 heavy (non-hydrogen) atoms. The van der Waals surface area contributed by atoms with Crippen LogP contribution in [0.5, 0.6) is 0 Å². The van der Waals surface area contributed by atoms with Gasteiger partial charge in [-0.15, -0.1) is 0 Å². The summed E-state index contributed by atoms with van der Waals surface area (Å²) in [6.45, 7) is 0. The highest BCUT2D eigenvalue weighted by Crippen LogP contribution is 2.35. The van der Waals surface area contributed by atoms with E-state index in [2.05, 4.69) is 55.5 Å². The first kappa shape index (κ1) is 24.3. The molecule has 0 aliphatic heterocycles. The van der Waals surface area contributed by atoms with Crippen molar-refractivity contribution in [2.45, 2.75) is 0 Å². The largest absolute Gasteiger partial charge is 0.291 e. The van der Waals surface area contributed by atoms with Gasteiger partial charge in [-0.05, 0) is 60.7 Å². The van der Waals surface area contributed by atoms with E-state index in [4.69, 9.17) is 19.9 Å². The van der Waals surface area contributed by atoms with Crippen LogP contribution >= 0.6 is 0 Å². The highest BCUT2D eigenvalue weighted by atomic mass is 15.1. The molecule has 0 N–H and O–H groups in total. The Morgan fingerprint density at radius 1 is 0.386 bits per heavy atom. The van der Waals surface area contributed by atoms with Crippen molar-refractivity contribution in [1.29, 1.82) is 0 Å². The number of rotatable bonds is 4. The molecule has 8 nitrogen and oxygen atoms in total. The van der Waals surface area contributed by atoms with E-state index < -0.39 is 0 Å². The minimum Gasteiger partial charge on any atom is -0.291 e. The summed E-state index contributed by atoms with van der Waals surface area (Å²) in [7, 11) is 0. The Bertz CT molecular complexity index is 2290. The van der Waals surface area contributed by atoms with Crippen molar-refractivity contribution in [2.75, 3.05) is 0 Å². The number of hydrogen-bond donors (Lipinski definition) is 0. The van der Waals surface area contributed by atoms with Crippen LogP contribution in [0.2, 0.25) is 0 Å². The minimum atomic E-state index is 0.758. The van der Waals surface area contributed by atoms with Gasteiger partial charge in [0.2, 0.25) is 0 Å². The van der Waals surface area contributed by atoms with Gasteiger partial charge in [-0.25, -0.2) is 9.97 Å². The van der Waals surface area contributed by atoms with Gasteiger partial charge in [-0.3, -0.25) is 29.1 Å². The number of pyridine rings is 4. The van der Waals surface area contributed by atoms with E-state index in [-0.39, 0.29) is 0 Å². The molecule has 2 aromatic carbocycles. The lowest BCUT2D eigenvalue weighted by Gasteiger charge is -2.09. The van der Waals surface area contributed by atoms with Gasteiger partial charge >= 0.3 is 0 Å². The summed E-state index contributed by atoms with van der Waals surface area (Å²) in [5, 5.41) is 2.06.